The minimum Gasteiger partial charge on any atom is -0.0932 e. The molecule has 0 radical (unpaired) electrons. The Bertz CT molecular complexity index is 86.7. The Morgan fingerprint density at radius 2 is 1.80 bits per heavy atom. The van der Waals surface area contributed by atoms with Gasteiger partial charge in [-0.3, -0.25) is 0 Å². The van der Waals surface area contributed by atoms with Crippen LogP contribution in [0.3, 0.4) is 0 Å². The van der Waals surface area contributed by atoms with Gasteiger partial charge < -0.3 is 0 Å². The average molecular weight is 158 g/mol. The summed E-state index contributed by atoms with van der Waals surface area (Å²) in [5.74, 6) is 1.48. The molecule has 10 heavy (non-hydrogen) atoms. The Hall–Kier alpha value is 0.0900. The highest BCUT2D eigenvalue weighted by atomic mass is 32.1. The molecule has 0 aromatic rings. The van der Waals surface area contributed by atoms with Crippen LogP contribution in [0.25, 0.3) is 0 Å². The van der Waals surface area contributed by atoms with Crippen molar-refractivity contribution in [3.63, 3.8) is 0 Å². The van der Waals surface area contributed by atoms with Crippen molar-refractivity contribution in [2.45, 2.75) is 40.0 Å². The zero-order chi connectivity index (χ0) is 7.98. The fraction of sp³-hybridized carbons (Fsp3) is 0.889. The van der Waals surface area contributed by atoms with E-state index in [0.29, 0.717) is 5.92 Å². The van der Waals surface area contributed by atoms with E-state index in [4.69, 9.17) is 12.2 Å². The smallest absolute Gasteiger partial charge is 0.0157 e. The van der Waals surface area contributed by atoms with Crippen molar-refractivity contribution in [3.05, 3.63) is 0 Å². The summed E-state index contributed by atoms with van der Waals surface area (Å²) in [4.78, 5) is 0. The highest BCUT2D eigenvalue weighted by Crippen LogP contribution is 2.10. The Morgan fingerprint density at radius 1 is 1.20 bits per heavy atom. The van der Waals surface area contributed by atoms with E-state index >= 15 is 0 Å². The predicted molar refractivity (Wildman–Crippen MR) is 51.5 cm³/mol. The first-order valence-corrected chi connectivity index (χ1v) is 4.59. The van der Waals surface area contributed by atoms with Crippen molar-refractivity contribution in [1.29, 1.82) is 0 Å². The van der Waals surface area contributed by atoms with E-state index in [1.54, 1.807) is 0 Å². The molecule has 0 aromatic heterocycles. The van der Waals surface area contributed by atoms with Crippen LogP contribution in [0.2, 0.25) is 0 Å². The summed E-state index contributed by atoms with van der Waals surface area (Å²) >= 11 is 4.83. The molecule has 0 aromatic carbocycles. The predicted octanol–water partition coefficient (Wildman–Crippen LogP) is 3.45. The van der Waals surface area contributed by atoms with Gasteiger partial charge in [0.05, 0.1) is 0 Å². The third kappa shape index (κ3) is 6.21. The molecule has 0 spiro atoms. The van der Waals surface area contributed by atoms with Crippen molar-refractivity contribution in [3.8, 4) is 0 Å². The van der Waals surface area contributed by atoms with Crippen LogP contribution in [0.1, 0.15) is 40.0 Å². The molecular weight excluding hydrogens is 140 g/mol. The first-order valence-electron chi connectivity index (χ1n) is 4.12. The van der Waals surface area contributed by atoms with Crippen molar-refractivity contribution in [1.82, 2.24) is 0 Å². The maximum absolute atomic E-state index is 4.83. The fourth-order valence-corrected chi connectivity index (χ4v) is 1.05. The van der Waals surface area contributed by atoms with E-state index < -0.39 is 0 Å². The first kappa shape index (κ1) is 10.1. The molecule has 1 heteroatoms. The zero-order valence-electron chi connectivity index (χ0n) is 7.26. The van der Waals surface area contributed by atoms with E-state index in [1.165, 1.54) is 19.3 Å². The topological polar surface area (TPSA) is 0 Å². The second-order valence-electron chi connectivity index (χ2n) is 3.44. The fourth-order valence-electron chi connectivity index (χ4n) is 0.916. The van der Waals surface area contributed by atoms with Crippen LogP contribution < -0.4 is 0 Å². The van der Waals surface area contributed by atoms with Gasteiger partial charge in [0, 0.05) is 0 Å². The van der Waals surface area contributed by atoms with Crippen LogP contribution in [-0.4, -0.2) is 5.37 Å². The van der Waals surface area contributed by atoms with Crippen LogP contribution in [0.5, 0.6) is 0 Å². The van der Waals surface area contributed by atoms with Gasteiger partial charge in [0.15, 0.2) is 0 Å². The molecule has 1 atom stereocenters. The summed E-state index contributed by atoms with van der Waals surface area (Å²) < 4.78 is 0. The minimum atomic E-state index is 0.633. The Morgan fingerprint density at radius 3 is 2.20 bits per heavy atom. The van der Waals surface area contributed by atoms with Crippen molar-refractivity contribution in [2.24, 2.45) is 11.8 Å². The molecule has 0 aliphatic heterocycles. The average Bonchev–Trinajstić information content (AvgIpc) is 1.87. The molecule has 0 bridgehead atoms. The maximum atomic E-state index is 4.83. The molecule has 0 aliphatic carbocycles. The second kappa shape index (κ2) is 5.84. The summed E-state index contributed by atoms with van der Waals surface area (Å²) in [7, 11) is 0. The molecule has 0 saturated carbocycles. The van der Waals surface area contributed by atoms with E-state index in [1.807, 2.05) is 5.37 Å². The largest absolute Gasteiger partial charge is 0.0932 e. The molecule has 0 rings (SSSR count). The van der Waals surface area contributed by atoms with Gasteiger partial charge in [0.1, 0.15) is 0 Å². The van der Waals surface area contributed by atoms with E-state index in [2.05, 4.69) is 20.8 Å². The SMILES string of the molecule is CC(C)CCCC(C)C=S. The minimum absolute atomic E-state index is 0.633. The monoisotopic (exact) mass is 158 g/mol. The van der Waals surface area contributed by atoms with Gasteiger partial charge >= 0.3 is 0 Å². The molecule has 0 saturated heterocycles. The molecule has 0 amide bonds. The summed E-state index contributed by atoms with van der Waals surface area (Å²) in [6.45, 7) is 6.72. The lowest BCUT2D eigenvalue weighted by atomic mass is 10.0. The summed E-state index contributed by atoms with van der Waals surface area (Å²) in [5.41, 5.74) is 0. The van der Waals surface area contributed by atoms with Crippen LogP contribution in [0.15, 0.2) is 0 Å². The number of hydrogen-bond donors (Lipinski definition) is 0. The first-order chi connectivity index (χ1) is 4.66. The molecule has 0 aliphatic rings. The normalized spacial score (nSPS) is 13.6. The lowest BCUT2D eigenvalue weighted by Gasteiger charge is -2.05. The maximum Gasteiger partial charge on any atom is -0.0157 e. The Labute approximate surface area is 70.0 Å². The van der Waals surface area contributed by atoms with Gasteiger partial charge in [-0.2, -0.15) is 0 Å². The quantitative estimate of drug-likeness (QED) is 0.552. The molecule has 1 unspecified atom stereocenters. The standard InChI is InChI=1S/C9H18S/c1-8(2)5-4-6-9(3)7-10/h7-9H,4-6H2,1-3H3. The van der Waals surface area contributed by atoms with Crippen molar-refractivity contribution in [2.75, 3.05) is 0 Å². The number of thiocarbonyl (C=S) groups is 1. The molecule has 0 N–H and O–H groups in total. The molecule has 60 valence electrons. The third-order valence-electron chi connectivity index (χ3n) is 1.67. The van der Waals surface area contributed by atoms with Gasteiger partial charge in [-0.25, -0.2) is 0 Å². The Balaban J connectivity index is 3.11. The molecule has 0 fully saturated rings. The van der Waals surface area contributed by atoms with Crippen LogP contribution in [0, 0.1) is 11.8 Å². The highest BCUT2D eigenvalue weighted by Gasteiger charge is 1.98. The summed E-state index contributed by atoms with van der Waals surface area (Å²) in [6.07, 6.45) is 3.93. The van der Waals surface area contributed by atoms with Gasteiger partial charge in [-0.15, -0.1) is 0 Å². The lowest BCUT2D eigenvalue weighted by molar-refractivity contribution is 0.515. The Kier molecular flexibility index (Phi) is 5.90. The van der Waals surface area contributed by atoms with Crippen LogP contribution in [0.4, 0.5) is 0 Å². The molecular formula is C9H18S. The van der Waals surface area contributed by atoms with E-state index in [9.17, 15) is 0 Å². The molecule has 0 heterocycles. The molecule has 0 nitrogen and oxygen atoms in total. The highest BCUT2D eigenvalue weighted by molar-refractivity contribution is 7.79. The third-order valence-corrected chi connectivity index (χ3v) is 2.14. The lowest BCUT2D eigenvalue weighted by Crippen LogP contribution is -1.95. The summed E-state index contributed by atoms with van der Waals surface area (Å²) in [6, 6.07) is 0. The van der Waals surface area contributed by atoms with Crippen LogP contribution in [-0.2, 0) is 0 Å². The van der Waals surface area contributed by atoms with E-state index in [0.717, 1.165) is 5.92 Å². The number of rotatable bonds is 5. The van der Waals surface area contributed by atoms with E-state index in [-0.39, 0.29) is 0 Å². The second-order valence-corrected chi connectivity index (χ2v) is 3.71. The van der Waals surface area contributed by atoms with Gasteiger partial charge in [-0.1, -0.05) is 45.8 Å². The van der Waals surface area contributed by atoms with Crippen molar-refractivity contribution >= 4 is 17.6 Å². The van der Waals surface area contributed by atoms with Gasteiger partial charge in [0.25, 0.3) is 0 Å². The summed E-state index contributed by atoms with van der Waals surface area (Å²) in [5, 5.41) is 1.88. The number of hydrogen-bond acceptors (Lipinski definition) is 1. The van der Waals surface area contributed by atoms with Crippen LogP contribution >= 0.6 is 12.2 Å². The van der Waals surface area contributed by atoms with Gasteiger partial charge in [0.2, 0.25) is 0 Å². The van der Waals surface area contributed by atoms with Gasteiger partial charge in [-0.05, 0) is 23.6 Å². The zero-order valence-corrected chi connectivity index (χ0v) is 8.08. The van der Waals surface area contributed by atoms with Crippen molar-refractivity contribution < 1.29 is 0 Å².